The maximum atomic E-state index is 11.5. The highest BCUT2D eigenvalue weighted by atomic mass is 16.7. The Balaban J connectivity index is 1.91. The van der Waals surface area contributed by atoms with Gasteiger partial charge in [-0.25, -0.2) is 4.79 Å². The third kappa shape index (κ3) is 5.00. The van der Waals surface area contributed by atoms with Crippen molar-refractivity contribution in [2.45, 2.75) is 59.6 Å². The SMILES string of the molecule is CCCCc1noc(C)c1COc1cc(OC(=O)NC(C)C)on1. The molecule has 0 aliphatic carbocycles. The average Bonchev–Trinajstić information content (AvgIpc) is 3.09. The van der Waals surface area contributed by atoms with E-state index >= 15 is 0 Å². The molecule has 24 heavy (non-hydrogen) atoms. The van der Waals surface area contributed by atoms with Crippen molar-refractivity contribution in [2.24, 2.45) is 0 Å². The highest BCUT2D eigenvalue weighted by Gasteiger charge is 2.16. The van der Waals surface area contributed by atoms with Crippen LogP contribution in [0.5, 0.6) is 11.8 Å². The summed E-state index contributed by atoms with van der Waals surface area (Å²) >= 11 is 0. The number of amides is 1. The largest absolute Gasteiger partial charge is 0.470 e. The van der Waals surface area contributed by atoms with Crippen LogP contribution in [0.3, 0.4) is 0 Å². The van der Waals surface area contributed by atoms with E-state index in [1.807, 2.05) is 20.8 Å². The van der Waals surface area contributed by atoms with Crippen LogP contribution in [0, 0.1) is 6.92 Å². The lowest BCUT2D eigenvalue weighted by Gasteiger charge is -2.05. The molecule has 0 aliphatic rings. The minimum Gasteiger partial charge on any atom is -0.470 e. The van der Waals surface area contributed by atoms with Crippen LogP contribution in [0.1, 0.15) is 50.6 Å². The van der Waals surface area contributed by atoms with Crippen molar-refractivity contribution >= 4 is 6.09 Å². The molecule has 0 unspecified atom stereocenters. The standard InChI is InChI=1S/C16H23N3O5/c1-5-6-7-13-12(11(4)23-18-13)9-21-14-8-15(24-19-14)22-16(20)17-10(2)3/h8,10H,5-7,9H2,1-4H3,(H,17,20). The van der Waals surface area contributed by atoms with Gasteiger partial charge in [0.15, 0.2) is 0 Å². The van der Waals surface area contributed by atoms with Crippen LogP contribution in [0.4, 0.5) is 4.79 Å². The number of hydrogen-bond acceptors (Lipinski definition) is 7. The molecule has 2 heterocycles. The van der Waals surface area contributed by atoms with Gasteiger partial charge in [0.25, 0.3) is 5.88 Å². The van der Waals surface area contributed by atoms with E-state index in [1.54, 1.807) is 0 Å². The molecular weight excluding hydrogens is 314 g/mol. The molecule has 0 bridgehead atoms. The van der Waals surface area contributed by atoms with Gasteiger partial charge in [-0.2, -0.15) is 0 Å². The molecule has 1 amide bonds. The molecule has 8 nitrogen and oxygen atoms in total. The van der Waals surface area contributed by atoms with Gasteiger partial charge in [0.2, 0.25) is 0 Å². The summed E-state index contributed by atoms with van der Waals surface area (Å²) in [4.78, 5) is 11.5. The number of aromatic nitrogens is 2. The smallest absolute Gasteiger partial charge is 0.415 e. The second-order valence-corrected chi connectivity index (χ2v) is 5.73. The third-order valence-corrected chi connectivity index (χ3v) is 3.26. The van der Waals surface area contributed by atoms with E-state index in [9.17, 15) is 4.79 Å². The number of unbranched alkanes of at least 4 members (excludes halogenated alkanes) is 1. The monoisotopic (exact) mass is 337 g/mol. The van der Waals surface area contributed by atoms with Crippen molar-refractivity contribution < 1.29 is 23.3 Å². The molecule has 0 aliphatic heterocycles. The first-order chi connectivity index (χ1) is 11.5. The Bertz CT molecular complexity index is 662. The highest BCUT2D eigenvalue weighted by Crippen LogP contribution is 2.22. The summed E-state index contributed by atoms with van der Waals surface area (Å²) in [5.74, 6) is 0.915. The molecule has 0 spiro atoms. The Labute approximate surface area is 140 Å². The number of nitrogens with zero attached hydrogens (tertiary/aromatic N) is 2. The Kier molecular flexibility index (Phi) is 6.22. The number of aryl methyl sites for hydroxylation is 2. The fourth-order valence-electron chi connectivity index (χ4n) is 2.02. The minimum atomic E-state index is -0.607. The fourth-order valence-corrected chi connectivity index (χ4v) is 2.02. The molecule has 1 N–H and O–H groups in total. The molecule has 0 atom stereocenters. The molecule has 0 saturated heterocycles. The molecule has 132 valence electrons. The summed E-state index contributed by atoms with van der Waals surface area (Å²) < 4.78 is 20.7. The second kappa shape index (κ2) is 8.37. The molecule has 2 aromatic rings. The Hall–Kier alpha value is -2.51. The first-order valence-corrected chi connectivity index (χ1v) is 8.01. The van der Waals surface area contributed by atoms with Crippen LogP contribution in [0.2, 0.25) is 0 Å². The zero-order valence-electron chi connectivity index (χ0n) is 14.4. The molecular formula is C16H23N3O5. The lowest BCUT2D eigenvalue weighted by molar-refractivity contribution is 0.176. The van der Waals surface area contributed by atoms with Crippen molar-refractivity contribution in [3.8, 4) is 11.8 Å². The molecule has 2 aromatic heterocycles. The zero-order chi connectivity index (χ0) is 17.5. The van der Waals surface area contributed by atoms with Gasteiger partial charge in [0.05, 0.1) is 17.3 Å². The normalized spacial score (nSPS) is 10.9. The Morgan fingerprint density at radius 3 is 2.83 bits per heavy atom. The van der Waals surface area contributed by atoms with Gasteiger partial charge < -0.3 is 23.8 Å². The van der Waals surface area contributed by atoms with Crippen molar-refractivity contribution in [1.29, 1.82) is 0 Å². The van der Waals surface area contributed by atoms with Gasteiger partial charge in [-0.05, 0) is 38.8 Å². The van der Waals surface area contributed by atoms with Crippen LogP contribution < -0.4 is 14.8 Å². The van der Waals surface area contributed by atoms with Crippen molar-refractivity contribution in [3.63, 3.8) is 0 Å². The van der Waals surface area contributed by atoms with Gasteiger partial charge >= 0.3 is 12.0 Å². The predicted molar refractivity (Wildman–Crippen MR) is 85.0 cm³/mol. The van der Waals surface area contributed by atoms with Gasteiger partial charge in [-0.15, -0.1) is 0 Å². The quantitative estimate of drug-likeness (QED) is 0.788. The predicted octanol–water partition coefficient (Wildman–Crippen LogP) is 3.39. The van der Waals surface area contributed by atoms with E-state index in [0.717, 1.165) is 36.3 Å². The van der Waals surface area contributed by atoms with Gasteiger partial charge in [-0.1, -0.05) is 18.5 Å². The molecule has 8 heteroatoms. The van der Waals surface area contributed by atoms with E-state index in [4.69, 9.17) is 18.5 Å². The molecule has 0 aromatic carbocycles. The number of carbonyl (C=O) groups is 1. The summed E-state index contributed by atoms with van der Waals surface area (Å²) in [7, 11) is 0. The van der Waals surface area contributed by atoms with Crippen LogP contribution in [-0.2, 0) is 13.0 Å². The van der Waals surface area contributed by atoms with Crippen molar-refractivity contribution in [3.05, 3.63) is 23.1 Å². The van der Waals surface area contributed by atoms with E-state index in [2.05, 4.69) is 22.6 Å². The first-order valence-electron chi connectivity index (χ1n) is 8.01. The number of ether oxygens (including phenoxy) is 2. The minimum absolute atomic E-state index is 0.0311. The summed E-state index contributed by atoms with van der Waals surface area (Å²) in [5.41, 5.74) is 1.80. The van der Waals surface area contributed by atoms with Crippen molar-refractivity contribution in [2.75, 3.05) is 0 Å². The Morgan fingerprint density at radius 2 is 2.12 bits per heavy atom. The second-order valence-electron chi connectivity index (χ2n) is 5.73. The number of nitrogens with one attached hydrogen (secondary N) is 1. The van der Waals surface area contributed by atoms with Crippen LogP contribution in [0.25, 0.3) is 0 Å². The number of carbonyl (C=O) groups excluding carboxylic acids is 1. The van der Waals surface area contributed by atoms with Crippen LogP contribution >= 0.6 is 0 Å². The van der Waals surface area contributed by atoms with Crippen LogP contribution in [0.15, 0.2) is 15.1 Å². The highest BCUT2D eigenvalue weighted by molar-refractivity contribution is 5.69. The maximum Gasteiger partial charge on any atom is 0.415 e. The summed E-state index contributed by atoms with van der Waals surface area (Å²) in [5, 5.41) is 10.4. The maximum absolute atomic E-state index is 11.5. The number of rotatable bonds is 8. The first kappa shape index (κ1) is 17.8. The van der Waals surface area contributed by atoms with Gasteiger partial charge in [0, 0.05) is 6.04 Å². The third-order valence-electron chi connectivity index (χ3n) is 3.26. The van der Waals surface area contributed by atoms with E-state index in [1.165, 1.54) is 6.07 Å². The fraction of sp³-hybridized carbons (Fsp3) is 0.562. The van der Waals surface area contributed by atoms with E-state index in [-0.39, 0.29) is 24.5 Å². The Morgan fingerprint density at radius 1 is 1.33 bits per heavy atom. The van der Waals surface area contributed by atoms with Gasteiger partial charge in [-0.3, -0.25) is 0 Å². The summed E-state index contributed by atoms with van der Waals surface area (Å²) in [6.45, 7) is 7.88. The average molecular weight is 337 g/mol. The number of hydrogen-bond donors (Lipinski definition) is 1. The van der Waals surface area contributed by atoms with Crippen molar-refractivity contribution in [1.82, 2.24) is 15.6 Å². The van der Waals surface area contributed by atoms with E-state index in [0.29, 0.717) is 0 Å². The van der Waals surface area contributed by atoms with Crippen LogP contribution in [-0.4, -0.2) is 22.4 Å². The lowest BCUT2D eigenvalue weighted by Crippen LogP contribution is -2.32. The summed E-state index contributed by atoms with van der Waals surface area (Å²) in [6, 6.07) is 1.38. The molecule has 0 saturated carbocycles. The molecule has 0 radical (unpaired) electrons. The lowest BCUT2D eigenvalue weighted by atomic mass is 10.1. The summed E-state index contributed by atoms with van der Waals surface area (Å²) in [6.07, 6.45) is 2.35. The molecule has 0 fully saturated rings. The van der Waals surface area contributed by atoms with E-state index < -0.39 is 6.09 Å². The topological polar surface area (TPSA) is 99.6 Å². The van der Waals surface area contributed by atoms with Gasteiger partial charge in [0.1, 0.15) is 12.4 Å². The zero-order valence-corrected chi connectivity index (χ0v) is 14.4. The molecule has 2 rings (SSSR count).